The summed E-state index contributed by atoms with van der Waals surface area (Å²) in [7, 11) is 0. The molecule has 0 spiro atoms. The molecule has 1 heterocycles. The lowest BCUT2D eigenvalue weighted by Crippen LogP contribution is -2.09. The van der Waals surface area contributed by atoms with Gasteiger partial charge >= 0.3 is 0 Å². The highest BCUT2D eigenvalue weighted by Crippen LogP contribution is 2.28. The Hall–Kier alpha value is -1.20. The molecule has 1 aromatic heterocycles. The summed E-state index contributed by atoms with van der Waals surface area (Å²) in [6.45, 7) is 4.82. The number of aliphatic hydroxyl groups excluding tert-OH is 1. The molecule has 0 aliphatic rings. The van der Waals surface area contributed by atoms with Crippen LogP contribution in [-0.4, -0.2) is 14.9 Å². The van der Waals surface area contributed by atoms with Crippen LogP contribution in [0.2, 0.25) is 0 Å². The van der Waals surface area contributed by atoms with Crippen molar-refractivity contribution in [3.63, 3.8) is 0 Å². The molecule has 0 bridgehead atoms. The van der Waals surface area contributed by atoms with Gasteiger partial charge in [0.2, 0.25) is 0 Å². The van der Waals surface area contributed by atoms with Gasteiger partial charge in [0.05, 0.1) is 16.3 Å². The predicted octanol–water partition coefficient (Wildman–Crippen LogP) is 3.64. The molecule has 20 heavy (non-hydrogen) atoms. The number of nitrogens with zero attached hydrogens (tertiary/aromatic N) is 2. The molecule has 3 nitrogen and oxygen atoms in total. The highest BCUT2D eigenvalue weighted by molar-refractivity contribution is 9.10. The van der Waals surface area contributed by atoms with Crippen molar-refractivity contribution < 1.29 is 9.50 Å². The Morgan fingerprint density at radius 3 is 2.80 bits per heavy atom. The number of aliphatic hydroxyl groups is 1. The van der Waals surface area contributed by atoms with Crippen LogP contribution in [-0.2, 0) is 19.4 Å². The summed E-state index contributed by atoms with van der Waals surface area (Å²) in [6, 6.07) is 6.70. The fraction of sp³-hybridized carbons (Fsp3) is 0.400. The van der Waals surface area contributed by atoms with Crippen LogP contribution in [0, 0.1) is 5.82 Å². The van der Waals surface area contributed by atoms with Crippen LogP contribution in [0.5, 0.6) is 0 Å². The molecular formula is C15H18BrFN2O. The Kier molecular flexibility index (Phi) is 4.94. The summed E-state index contributed by atoms with van der Waals surface area (Å²) in [6.07, 6.45) is 0.523. The van der Waals surface area contributed by atoms with Crippen molar-refractivity contribution in [2.24, 2.45) is 0 Å². The van der Waals surface area contributed by atoms with Crippen molar-refractivity contribution in [2.45, 2.75) is 39.3 Å². The highest BCUT2D eigenvalue weighted by atomic mass is 79.9. The lowest BCUT2D eigenvalue weighted by molar-refractivity contribution is 0.174. The second kappa shape index (κ2) is 6.50. The fourth-order valence-corrected chi connectivity index (χ4v) is 2.74. The van der Waals surface area contributed by atoms with Gasteiger partial charge in [0.25, 0.3) is 0 Å². The van der Waals surface area contributed by atoms with E-state index >= 15 is 0 Å². The molecule has 0 saturated heterocycles. The topological polar surface area (TPSA) is 38.0 Å². The molecule has 1 unspecified atom stereocenters. The van der Waals surface area contributed by atoms with Gasteiger partial charge < -0.3 is 5.11 Å². The van der Waals surface area contributed by atoms with Crippen LogP contribution in [0.4, 0.5) is 4.39 Å². The molecule has 1 N–H and O–H groups in total. The van der Waals surface area contributed by atoms with Crippen LogP contribution in [0.3, 0.4) is 0 Å². The van der Waals surface area contributed by atoms with E-state index in [-0.39, 0.29) is 5.82 Å². The summed E-state index contributed by atoms with van der Waals surface area (Å²) in [5, 5.41) is 14.8. The molecule has 0 amide bonds. The summed E-state index contributed by atoms with van der Waals surface area (Å²) in [5.74, 6) is -0.361. The van der Waals surface area contributed by atoms with Crippen LogP contribution in [0.25, 0.3) is 0 Å². The Balaban J connectivity index is 2.25. The predicted molar refractivity (Wildman–Crippen MR) is 80.0 cm³/mol. The smallest absolute Gasteiger partial charge is 0.137 e. The van der Waals surface area contributed by atoms with Crippen LogP contribution in [0.1, 0.15) is 36.9 Å². The first-order valence-corrected chi connectivity index (χ1v) is 7.53. The first kappa shape index (κ1) is 15.2. The minimum atomic E-state index is -0.758. The average Bonchev–Trinajstić information content (AvgIpc) is 2.84. The molecule has 0 aliphatic heterocycles. The van der Waals surface area contributed by atoms with Crippen molar-refractivity contribution in [3.05, 3.63) is 51.5 Å². The molecule has 2 rings (SSSR count). The van der Waals surface area contributed by atoms with E-state index in [1.54, 1.807) is 12.1 Å². The summed E-state index contributed by atoms with van der Waals surface area (Å²) in [4.78, 5) is 0. The van der Waals surface area contributed by atoms with Gasteiger partial charge in [-0.15, -0.1) is 0 Å². The van der Waals surface area contributed by atoms with E-state index in [1.165, 1.54) is 6.07 Å². The van der Waals surface area contributed by atoms with E-state index in [0.29, 0.717) is 16.5 Å². The van der Waals surface area contributed by atoms with Gasteiger partial charge in [-0.05, 0) is 47.0 Å². The summed E-state index contributed by atoms with van der Waals surface area (Å²) >= 11 is 3.19. The largest absolute Gasteiger partial charge is 0.388 e. The zero-order valence-corrected chi connectivity index (χ0v) is 13.2. The Morgan fingerprint density at radius 1 is 1.40 bits per heavy atom. The maximum atomic E-state index is 13.5. The Labute approximate surface area is 126 Å². The van der Waals surface area contributed by atoms with Crippen LogP contribution in [0.15, 0.2) is 28.7 Å². The Morgan fingerprint density at radius 2 is 2.15 bits per heavy atom. The SMILES string of the molecule is CCc1cc(CC(O)c2cccc(F)c2Br)n(CC)n1. The van der Waals surface area contributed by atoms with Gasteiger partial charge in [0, 0.05) is 18.7 Å². The van der Waals surface area contributed by atoms with Gasteiger partial charge in [-0.3, -0.25) is 4.68 Å². The second-order valence-corrected chi connectivity index (χ2v) is 5.45. The second-order valence-electron chi connectivity index (χ2n) is 4.66. The standard InChI is InChI=1S/C15H18BrFN2O/c1-3-10-8-11(19(4-2)18-10)9-14(20)12-6-5-7-13(17)15(12)16/h5-8,14,20H,3-4,9H2,1-2H3. The third kappa shape index (κ3) is 3.10. The van der Waals surface area contributed by atoms with Crippen molar-refractivity contribution in [2.75, 3.05) is 0 Å². The van der Waals surface area contributed by atoms with Crippen LogP contribution < -0.4 is 0 Å². The minimum absolute atomic E-state index is 0.325. The number of benzene rings is 1. The molecule has 2 aromatic rings. The maximum absolute atomic E-state index is 13.5. The number of hydrogen-bond donors (Lipinski definition) is 1. The molecule has 1 atom stereocenters. The molecule has 5 heteroatoms. The fourth-order valence-electron chi connectivity index (χ4n) is 2.21. The normalized spacial score (nSPS) is 12.7. The molecular weight excluding hydrogens is 323 g/mol. The first-order chi connectivity index (χ1) is 9.56. The van der Waals surface area contributed by atoms with Crippen molar-refractivity contribution in [3.8, 4) is 0 Å². The molecule has 0 fully saturated rings. The average molecular weight is 341 g/mol. The number of rotatable bonds is 5. The molecule has 0 aliphatic carbocycles. The van der Waals surface area contributed by atoms with E-state index < -0.39 is 6.10 Å². The third-order valence-corrected chi connectivity index (χ3v) is 4.16. The number of halogens is 2. The van der Waals surface area contributed by atoms with E-state index in [1.807, 2.05) is 24.6 Å². The summed E-state index contributed by atoms with van der Waals surface area (Å²) in [5.41, 5.74) is 2.53. The Bertz CT molecular complexity index is 598. The monoisotopic (exact) mass is 340 g/mol. The van der Waals surface area contributed by atoms with Crippen molar-refractivity contribution >= 4 is 15.9 Å². The van der Waals surface area contributed by atoms with Gasteiger partial charge in [-0.2, -0.15) is 5.10 Å². The van der Waals surface area contributed by atoms with Gasteiger partial charge in [0.15, 0.2) is 0 Å². The van der Waals surface area contributed by atoms with Crippen molar-refractivity contribution in [1.29, 1.82) is 0 Å². The number of hydrogen-bond acceptors (Lipinski definition) is 2. The molecule has 1 aromatic carbocycles. The van der Waals surface area contributed by atoms with Crippen molar-refractivity contribution in [1.82, 2.24) is 9.78 Å². The lowest BCUT2D eigenvalue weighted by Gasteiger charge is -2.14. The van der Waals surface area contributed by atoms with E-state index in [4.69, 9.17) is 0 Å². The molecule has 0 saturated carbocycles. The minimum Gasteiger partial charge on any atom is -0.388 e. The van der Waals surface area contributed by atoms with E-state index in [9.17, 15) is 9.50 Å². The molecule has 108 valence electrons. The first-order valence-electron chi connectivity index (χ1n) is 6.74. The molecule has 0 radical (unpaired) electrons. The van der Waals surface area contributed by atoms with Gasteiger partial charge in [0.1, 0.15) is 5.82 Å². The highest BCUT2D eigenvalue weighted by Gasteiger charge is 2.17. The zero-order valence-electron chi connectivity index (χ0n) is 11.6. The number of aryl methyl sites for hydroxylation is 2. The van der Waals surface area contributed by atoms with E-state index in [2.05, 4.69) is 21.0 Å². The van der Waals surface area contributed by atoms with Gasteiger partial charge in [-0.25, -0.2) is 4.39 Å². The van der Waals surface area contributed by atoms with E-state index in [0.717, 1.165) is 24.4 Å². The zero-order chi connectivity index (χ0) is 14.7. The lowest BCUT2D eigenvalue weighted by atomic mass is 10.0. The maximum Gasteiger partial charge on any atom is 0.137 e. The quantitative estimate of drug-likeness (QED) is 0.902. The number of aromatic nitrogens is 2. The van der Waals surface area contributed by atoms with Gasteiger partial charge in [-0.1, -0.05) is 19.1 Å². The van der Waals surface area contributed by atoms with Crippen LogP contribution >= 0.6 is 15.9 Å². The third-order valence-electron chi connectivity index (χ3n) is 3.32. The summed E-state index contributed by atoms with van der Waals surface area (Å²) < 4.78 is 15.7.